The number of nitrogens with zero attached hydrogens (tertiary/aromatic N) is 1. The minimum absolute atomic E-state index is 0.315. The van der Waals surface area contributed by atoms with Crippen molar-refractivity contribution < 1.29 is 0 Å². The average Bonchev–Trinajstić information content (AvgIpc) is 2.47. The number of benzene rings is 1. The number of halogens is 1. The summed E-state index contributed by atoms with van der Waals surface area (Å²) in [7, 11) is 0. The van der Waals surface area contributed by atoms with Gasteiger partial charge in [0.2, 0.25) is 0 Å². The highest BCUT2D eigenvalue weighted by molar-refractivity contribution is 6.30. The number of terminal acetylenes is 1. The fourth-order valence-electron chi connectivity index (χ4n) is 2.86. The number of aryl methyl sites for hydroxylation is 1. The summed E-state index contributed by atoms with van der Waals surface area (Å²) < 4.78 is 0. The van der Waals surface area contributed by atoms with E-state index in [0.717, 1.165) is 43.3 Å². The third-order valence-corrected chi connectivity index (χ3v) is 4.56. The molecule has 0 spiro atoms. The maximum Gasteiger partial charge on any atom is 0.0712 e. The molecular formula is C18H24ClN. The number of likely N-dealkylation sites (tertiary alicyclic amines) is 1. The van der Waals surface area contributed by atoms with Crippen LogP contribution < -0.4 is 0 Å². The zero-order valence-corrected chi connectivity index (χ0v) is 13.1. The van der Waals surface area contributed by atoms with E-state index < -0.39 is 0 Å². The van der Waals surface area contributed by atoms with Gasteiger partial charge in [0.1, 0.15) is 0 Å². The summed E-state index contributed by atoms with van der Waals surface area (Å²) in [4.78, 5) is 2.49. The Morgan fingerprint density at radius 3 is 2.55 bits per heavy atom. The molecule has 1 unspecified atom stereocenters. The smallest absolute Gasteiger partial charge is 0.0712 e. The summed E-state index contributed by atoms with van der Waals surface area (Å²) in [6.07, 6.45) is 11.6. The molecule has 0 aliphatic carbocycles. The Hall–Kier alpha value is -0.970. The second kappa shape index (κ2) is 7.72. The van der Waals surface area contributed by atoms with Gasteiger partial charge >= 0.3 is 0 Å². The molecule has 1 aromatic rings. The zero-order chi connectivity index (χ0) is 14.4. The van der Waals surface area contributed by atoms with Gasteiger partial charge in [-0.1, -0.05) is 36.6 Å². The maximum atomic E-state index is 5.90. The van der Waals surface area contributed by atoms with Crippen molar-refractivity contribution in [3.05, 3.63) is 34.9 Å². The van der Waals surface area contributed by atoms with E-state index in [1.54, 1.807) is 0 Å². The number of piperidine rings is 1. The van der Waals surface area contributed by atoms with Crippen LogP contribution in [0.15, 0.2) is 24.3 Å². The molecule has 0 saturated carbocycles. The Balaban J connectivity index is 1.76. The van der Waals surface area contributed by atoms with Crippen LogP contribution in [-0.2, 0) is 6.42 Å². The molecule has 20 heavy (non-hydrogen) atoms. The lowest BCUT2D eigenvalue weighted by Gasteiger charge is -2.34. The standard InChI is InChI=1S/C18H24ClN/c1-3-18(20-13-11-15(2)12-14-20)6-4-5-16-7-9-17(19)10-8-16/h1,7-10,15,18H,4-6,11-14H2,2H3. The van der Waals surface area contributed by atoms with E-state index in [-0.39, 0.29) is 0 Å². The molecule has 0 N–H and O–H groups in total. The molecule has 1 fully saturated rings. The molecule has 1 heterocycles. The first-order chi connectivity index (χ1) is 9.69. The van der Waals surface area contributed by atoms with Gasteiger partial charge in [0, 0.05) is 5.02 Å². The molecule has 1 aromatic carbocycles. The molecule has 1 nitrogen and oxygen atoms in total. The van der Waals surface area contributed by atoms with Crippen molar-refractivity contribution in [1.82, 2.24) is 4.90 Å². The van der Waals surface area contributed by atoms with Gasteiger partial charge in [-0.15, -0.1) is 6.42 Å². The SMILES string of the molecule is C#CC(CCCc1ccc(Cl)cc1)N1CCC(C)CC1. The molecule has 1 saturated heterocycles. The minimum atomic E-state index is 0.315. The molecule has 2 rings (SSSR count). The minimum Gasteiger partial charge on any atom is -0.290 e. The van der Waals surface area contributed by atoms with Gasteiger partial charge in [0.25, 0.3) is 0 Å². The van der Waals surface area contributed by atoms with Crippen molar-refractivity contribution in [2.45, 2.75) is 45.1 Å². The quantitative estimate of drug-likeness (QED) is 0.727. The van der Waals surface area contributed by atoms with E-state index in [1.807, 2.05) is 12.1 Å². The van der Waals surface area contributed by atoms with Gasteiger partial charge in [0.05, 0.1) is 6.04 Å². The van der Waals surface area contributed by atoms with Crippen molar-refractivity contribution in [3.63, 3.8) is 0 Å². The first-order valence-electron chi connectivity index (χ1n) is 7.63. The monoisotopic (exact) mass is 289 g/mol. The van der Waals surface area contributed by atoms with Crippen LogP contribution in [0.2, 0.25) is 5.02 Å². The molecule has 1 aliphatic rings. The van der Waals surface area contributed by atoms with E-state index in [1.165, 1.54) is 18.4 Å². The third kappa shape index (κ3) is 4.54. The highest BCUT2D eigenvalue weighted by Gasteiger charge is 2.21. The molecule has 0 bridgehead atoms. The number of rotatable bonds is 5. The molecule has 1 atom stereocenters. The van der Waals surface area contributed by atoms with Crippen molar-refractivity contribution >= 4 is 11.6 Å². The van der Waals surface area contributed by atoms with Crippen LogP contribution >= 0.6 is 11.6 Å². The Labute approximate surface area is 128 Å². The summed E-state index contributed by atoms with van der Waals surface area (Å²) in [5, 5.41) is 0.803. The fourth-order valence-corrected chi connectivity index (χ4v) is 2.99. The molecule has 0 aromatic heterocycles. The first kappa shape index (κ1) is 15.4. The zero-order valence-electron chi connectivity index (χ0n) is 12.3. The van der Waals surface area contributed by atoms with Crippen LogP contribution in [0.5, 0.6) is 0 Å². The van der Waals surface area contributed by atoms with Crippen LogP contribution in [0.4, 0.5) is 0 Å². The molecule has 1 aliphatic heterocycles. The Morgan fingerprint density at radius 2 is 1.95 bits per heavy atom. The predicted molar refractivity (Wildman–Crippen MR) is 87.0 cm³/mol. The summed E-state index contributed by atoms with van der Waals surface area (Å²) in [5.74, 6) is 3.85. The molecule has 108 valence electrons. The summed E-state index contributed by atoms with van der Waals surface area (Å²) >= 11 is 5.90. The Kier molecular flexibility index (Phi) is 5.95. The van der Waals surface area contributed by atoms with Crippen LogP contribution in [0.25, 0.3) is 0 Å². The maximum absolute atomic E-state index is 5.90. The lowest BCUT2D eigenvalue weighted by atomic mass is 9.96. The second-order valence-corrected chi connectivity index (χ2v) is 6.36. The largest absolute Gasteiger partial charge is 0.290 e. The second-order valence-electron chi connectivity index (χ2n) is 5.92. The van der Waals surface area contributed by atoms with Gasteiger partial charge in [-0.2, -0.15) is 0 Å². The third-order valence-electron chi connectivity index (χ3n) is 4.31. The van der Waals surface area contributed by atoms with Crippen LogP contribution in [0.3, 0.4) is 0 Å². The van der Waals surface area contributed by atoms with Gasteiger partial charge in [-0.05, 0) is 68.8 Å². The van der Waals surface area contributed by atoms with E-state index in [2.05, 4.69) is 29.9 Å². The highest BCUT2D eigenvalue weighted by atomic mass is 35.5. The first-order valence-corrected chi connectivity index (χ1v) is 8.01. The average molecular weight is 290 g/mol. The van der Waals surface area contributed by atoms with E-state index >= 15 is 0 Å². The summed E-state index contributed by atoms with van der Waals surface area (Å²) in [6.45, 7) is 4.66. The lowest BCUT2D eigenvalue weighted by Crippen LogP contribution is -2.40. The van der Waals surface area contributed by atoms with Crippen molar-refractivity contribution in [2.24, 2.45) is 5.92 Å². The van der Waals surface area contributed by atoms with Gasteiger partial charge in [-0.25, -0.2) is 0 Å². The van der Waals surface area contributed by atoms with E-state index in [0.29, 0.717) is 6.04 Å². The normalized spacial score (nSPS) is 18.6. The van der Waals surface area contributed by atoms with Crippen molar-refractivity contribution in [1.29, 1.82) is 0 Å². The number of hydrogen-bond acceptors (Lipinski definition) is 1. The van der Waals surface area contributed by atoms with Gasteiger partial charge in [-0.3, -0.25) is 4.90 Å². The van der Waals surface area contributed by atoms with Gasteiger partial charge in [0.15, 0.2) is 0 Å². The van der Waals surface area contributed by atoms with Crippen molar-refractivity contribution in [2.75, 3.05) is 13.1 Å². The fraction of sp³-hybridized carbons (Fsp3) is 0.556. The lowest BCUT2D eigenvalue weighted by molar-refractivity contribution is 0.159. The van der Waals surface area contributed by atoms with Crippen LogP contribution in [-0.4, -0.2) is 24.0 Å². The number of hydrogen-bond donors (Lipinski definition) is 0. The van der Waals surface area contributed by atoms with Gasteiger partial charge < -0.3 is 0 Å². The summed E-state index contributed by atoms with van der Waals surface area (Å²) in [5.41, 5.74) is 1.34. The molecular weight excluding hydrogens is 266 g/mol. The molecule has 2 heteroatoms. The van der Waals surface area contributed by atoms with E-state index in [9.17, 15) is 0 Å². The summed E-state index contributed by atoms with van der Waals surface area (Å²) in [6, 6.07) is 8.45. The molecule has 0 amide bonds. The van der Waals surface area contributed by atoms with Crippen molar-refractivity contribution in [3.8, 4) is 12.3 Å². The predicted octanol–water partition coefficient (Wildman–Crippen LogP) is 4.40. The Morgan fingerprint density at radius 1 is 1.30 bits per heavy atom. The Bertz CT molecular complexity index is 437. The van der Waals surface area contributed by atoms with Crippen LogP contribution in [0.1, 0.15) is 38.2 Å². The topological polar surface area (TPSA) is 3.24 Å². The highest BCUT2D eigenvalue weighted by Crippen LogP contribution is 2.20. The van der Waals surface area contributed by atoms with E-state index in [4.69, 9.17) is 18.0 Å². The molecule has 0 radical (unpaired) electrons. The van der Waals surface area contributed by atoms with Crippen LogP contribution in [0, 0.1) is 18.3 Å².